The van der Waals surface area contributed by atoms with Crippen molar-refractivity contribution in [1.29, 1.82) is 0 Å². The summed E-state index contributed by atoms with van der Waals surface area (Å²) in [5.41, 5.74) is 2.28. The van der Waals surface area contributed by atoms with Crippen molar-refractivity contribution in [1.82, 2.24) is 9.88 Å². The maximum Gasteiger partial charge on any atom is 0.335 e. The van der Waals surface area contributed by atoms with Crippen LogP contribution in [0.15, 0.2) is 36.7 Å². The van der Waals surface area contributed by atoms with Gasteiger partial charge in [0, 0.05) is 19.3 Å². The van der Waals surface area contributed by atoms with Crippen molar-refractivity contribution in [3.05, 3.63) is 58.9 Å². The summed E-state index contributed by atoms with van der Waals surface area (Å²) < 4.78 is 0. The van der Waals surface area contributed by atoms with Crippen LogP contribution in [0.1, 0.15) is 31.8 Å². The Morgan fingerprint density at radius 3 is 2.52 bits per heavy atom. The number of aromatic nitrogens is 1. The number of benzene rings is 1. The molecule has 0 aliphatic carbocycles. The molecular formula is C15H12N2O4. The van der Waals surface area contributed by atoms with Gasteiger partial charge in [-0.15, -0.1) is 0 Å². The summed E-state index contributed by atoms with van der Waals surface area (Å²) in [6.45, 7) is 0.772. The number of nitrogens with zero attached hydrogens (tertiary/aromatic N) is 2. The van der Waals surface area contributed by atoms with E-state index in [1.54, 1.807) is 17.0 Å². The van der Waals surface area contributed by atoms with Gasteiger partial charge < -0.3 is 15.1 Å². The second-order valence-corrected chi connectivity index (χ2v) is 4.88. The normalized spacial score (nSPS) is 13.0. The smallest absolute Gasteiger partial charge is 0.335 e. The van der Waals surface area contributed by atoms with Gasteiger partial charge in [-0.3, -0.25) is 9.78 Å². The fraction of sp³-hybridized carbons (Fsp3) is 0.133. The fourth-order valence-electron chi connectivity index (χ4n) is 2.40. The molecule has 0 saturated carbocycles. The highest BCUT2D eigenvalue weighted by Gasteiger charge is 2.25. The van der Waals surface area contributed by atoms with Gasteiger partial charge in [-0.25, -0.2) is 4.79 Å². The topological polar surface area (TPSA) is 90.7 Å². The minimum absolute atomic E-state index is 0.0641. The van der Waals surface area contributed by atoms with Gasteiger partial charge >= 0.3 is 5.97 Å². The number of aromatic hydroxyl groups is 1. The highest BCUT2D eigenvalue weighted by atomic mass is 16.4. The van der Waals surface area contributed by atoms with E-state index >= 15 is 0 Å². The van der Waals surface area contributed by atoms with Crippen molar-refractivity contribution in [2.45, 2.75) is 13.1 Å². The number of pyridine rings is 1. The highest BCUT2D eigenvalue weighted by molar-refractivity contribution is 5.94. The van der Waals surface area contributed by atoms with E-state index in [-0.39, 0.29) is 17.2 Å². The van der Waals surface area contributed by atoms with Gasteiger partial charge in [0.15, 0.2) is 0 Å². The number of rotatable bonds is 2. The van der Waals surface area contributed by atoms with Gasteiger partial charge in [0.2, 0.25) is 0 Å². The summed E-state index contributed by atoms with van der Waals surface area (Å²) in [5, 5.41) is 18.4. The zero-order valence-electron chi connectivity index (χ0n) is 11.0. The van der Waals surface area contributed by atoms with Crippen molar-refractivity contribution in [3.63, 3.8) is 0 Å². The maximum atomic E-state index is 12.3. The first-order valence-corrected chi connectivity index (χ1v) is 6.33. The number of carboxylic acids is 1. The Kier molecular flexibility index (Phi) is 3.06. The second kappa shape index (κ2) is 4.90. The molecule has 0 radical (unpaired) electrons. The van der Waals surface area contributed by atoms with Crippen LogP contribution < -0.4 is 0 Å². The Morgan fingerprint density at radius 1 is 1.05 bits per heavy atom. The number of amides is 1. The van der Waals surface area contributed by atoms with Gasteiger partial charge in [0.05, 0.1) is 17.3 Å². The largest absolute Gasteiger partial charge is 0.506 e. The van der Waals surface area contributed by atoms with Gasteiger partial charge in [0.1, 0.15) is 5.75 Å². The maximum absolute atomic E-state index is 12.3. The molecular weight excluding hydrogens is 272 g/mol. The van der Waals surface area contributed by atoms with Crippen molar-refractivity contribution >= 4 is 11.9 Å². The van der Waals surface area contributed by atoms with Crippen LogP contribution in [0, 0.1) is 0 Å². The first-order chi connectivity index (χ1) is 10.0. The van der Waals surface area contributed by atoms with Gasteiger partial charge in [0.25, 0.3) is 5.91 Å². The molecule has 2 heterocycles. The van der Waals surface area contributed by atoms with Crippen LogP contribution in [-0.2, 0) is 13.1 Å². The molecule has 6 nitrogen and oxygen atoms in total. The Balaban J connectivity index is 1.84. The Morgan fingerprint density at radius 2 is 1.81 bits per heavy atom. The van der Waals surface area contributed by atoms with Gasteiger partial charge in [-0.05, 0) is 29.3 Å². The van der Waals surface area contributed by atoms with Crippen molar-refractivity contribution < 1.29 is 19.8 Å². The molecule has 0 fully saturated rings. The first-order valence-electron chi connectivity index (χ1n) is 6.33. The Hall–Kier alpha value is -2.89. The summed E-state index contributed by atoms with van der Waals surface area (Å²) in [6, 6.07) is 6.21. The van der Waals surface area contributed by atoms with Gasteiger partial charge in [-0.2, -0.15) is 0 Å². The summed E-state index contributed by atoms with van der Waals surface area (Å²) in [5.74, 6) is -1.29. The lowest BCUT2D eigenvalue weighted by Crippen LogP contribution is -2.25. The molecule has 1 aromatic carbocycles. The lowest BCUT2D eigenvalue weighted by Gasteiger charge is -2.15. The standard InChI is InChI=1S/C15H12N2O4/c18-13-4-11(5-16-6-13)14(19)17-7-10-2-1-9(15(20)21)3-12(10)8-17/h1-6,18H,7-8H2,(H,20,21). The SMILES string of the molecule is O=C(O)c1ccc2c(c1)CN(C(=O)c1cncc(O)c1)C2. The number of aromatic carboxylic acids is 1. The molecule has 6 heteroatoms. The summed E-state index contributed by atoms with van der Waals surface area (Å²) in [6.07, 6.45) is 2.66. The molecule has 2 N–H and O–H groups in total. The molecule has 0 saturated heterocycles. The van der Waals surface area contributed by atoms with E-state index in [9.17, 15) is 14.7 Å². The number of hydrogen-bond acceptors (Lipinski definition) is 4. The molecule has 1 aliphatic rings. The van der Waals surface area contributed by atoms with Crippen LogP contribution in [0.5, 0.6) is 5.75 Å². The predicted octanol–water partition coefficient (Wildman–Crippen LogP) is 1.64. The summed E-state index contributed by atoms with van der Waals surface area (Å²) in [7, 11) is 0. The van der Waals surface area contributed by atoms with Crippen LogP contribution in [0.3, 0.4) is 0 Å². The van der Waals surface area contributed by atoms with E-state index in [2.05, 4.69) is 4.98 Å². The zero-order chi connectivity index (χ0) is 15.0. The van der Waals surface area contributed by atoms with E-state index < -0.39 is 5.97 Å². The first kappa shape index (κ1) is 13.1. The van der Waals surface area contributed by atoms with Crippen LogP contribution in [0.4, 0.5) is 0 Å². The minimum atomic E-state index is -0.986. The number of carbonyl (C=O) groups is 2. The van der Waals surface area contributed by atoms with E-state index in [0.717, 1.165) is 11.1 Å². The molecule has 0 atom stereocenters. The average Bonchev–Trinajstić information content (AvgIpc) is 2.89. The quantitative estimate of drug-likeness (QED) is 0.874. The molecule has 21 heavy (non-hydrogen) atoms. The number of carboxylic acid groups (broad SMARTS) is 1. The van der Waals surface area contributed by atoms with Crippen molar-refractivity contribution in [3.8, 4) is 5.75 Å². The lowest BCUT2D eigenvalue weighted by molar-refractivity contribution is 0.0696. The summed E-state index contributed by atoms with van der Waals surface area (Å²) >= 11 is 0. The Labute approximate surface area is 120 Å². The number of fused-ring (bicyclic) bond motifs is 1. The molecule has 1 aliphatic heterocycles. The molecule has 2 aromatic rings. The molecule has 106 valence electrons. The molecule has 1 aromatic heterocycles. The number of carbonyl (C=O) groups excluding carboxylic acids is 1. The predicted molar refractivity (Wildman–Crippen MR) is 72.9 cm³/mol. The zero-order valence-corrected chi connectivity index (χ0v) is 11.0. The molecule has 0 unspecified atom stereocenters. The minimum Gasteiger partial charge on any atom is -0.506 e. The van der Waals surface area contributed by atoms with Crippen LogP contribution >= 0.6 is 0 Å². The molecule has 1 amide bonds. The molecule has 0 bridgehead atoms. The van der Waals surface area contributed by atoms with E-state index in [1.165, 1.54) is 24.5 Å². The van der Waals surface area contributed by atoms with Crippen LogP contribution in [0.2, 0.25) is 0 Å². The Bertz CT molecular complexity index is 742. The van der Waals surface area contributed by atoms with E-state index in [1.807, 2.05) is 0 Å². The van der Waals surface area contributed by atoms with E-state index in [4.69, 9.17) is 5.11 Å². The van der Waals surface area contributed by atoms with E-state index in [0.29, 0.717) is 18.7 Å². The third-order valence-electron chi connectivity index (χ3n) is 3.43. The van der Waals surface area contributed by atoms with Crippen molar-refractivity contribution in [2.24, 2.45) is 0 Å². The van der Waals surface area contributed by atoms with Gasteiger partial charge in [-0.1, -0.05) is 6.07 Å². The van der Waals surface area contributed by atoms with Crippen LogP contribution in [-0.4, -0.2) is 32.0 Å². The van der Waals surface area contributed by atoms with Crippen molar-refractivity contribution in [2.75, 3.05) is 0 Å². The summed E-state index contributed by atoms with van der Waals surface area (Å²) in [4.78, 5) is 28.7. The third-order valence-corrected chi connectivity index (χ3v) is 3.43. The monoisotopic (exact) mass is 284 g/mol. The number of hydrogen-bond donors (Lipinski definition) is 2. The molecule has 0 spiro atoms. The third kappa shape index (κ3) is 2.43. The van der Waals surface area contributed by atoms with Crippen LogP contribution in [0.25, 0.3) is 0 Å². The average molecular weight is 284 g/mol. The molecule has 3 rings (SSSR count). The fourth-order valence-corrected chi connectivity index (χ4v) is 2.40. The second-order valence-electron chi connectivity index (χ2n) is 4.88. The lowest BCUT2D eigenvalue weighted by atomic mass is 10.1. The highest BCUT2D eigenvalue weighted by Crippen LogP contribution is 2.25.